The Balaban J connectivity index is 2.00. The summed E-state index contributed by atoms with van der Waals surface area (Å²) in [6.45, 7) is 0. The van der Waals surface area contributed by atoms with Crippen LogP contribution in [0.5, 0.6) is 0 Å². The number of aliphatic hydroxyl groups is 1. The van der Waals surface area contributed by atoms with Gasteiger partial charge < -0.3 is 10.8 Å². The molecule has 0 amide bonds. The highest BCUT2D eigenvalue weighted by Gasteiger charge is 2.21. The second-order valence-corrected chi connectivity index (χ2v) is 4.94. The van der Waals surface area contributed by atoms with E-state index in [1.165, 1.54) is 12.1 Å². The van der Waals surface area contributed by atoms with Crippen LogP contribution in [0.2, 0.25) is 0 Å². The summed E-state index contributed by atoms with van der Waals surface area (Å²) in [4.78, 5) is 4.34. The lowest BCUT2D eigenvalue weighted by Gasteiger charge is -2.20. The molecule has 106 valence electrons. The third-order valence-electron chi connectivity index (χ3n) is 3.57. The minimum absolute atomic E-state index is 0.341. The van der Waals surface area contributed by atoms with Crippen LogP contribution in [0.1, 0.15) is 23.3 Å². The zero-order valence-corrected chi connectivity index (χ0v) is 11.3. The minimum atomic E-state index is -0.918. The molecule has 0 bridgehead atoms. The van der Waals surface area contributed by atoms with Crippen molar-refractivity contribution in [3.8, 4) is 0 Å². The number of nitrogens with zero attached hydrogens (tertiary/aromatic N) is 1. The molecule has 4 heteroatoms. The van der Waals surface area contributed by atoms with Gasteiger partial charge in [0.2, 0.25) is 0 Å². The molecule has 2 unspecified atom stereocenters. The molecule has 1 aromatic heterocycles. The Labute approximate surface area is 121 Å². The van der Waals surface area contributed by atoms with Crippen LogP contribution in [-0.2, 0) is 0 Å². The molecular weight excluding hydrogens is 267 g/mol. The first-order valence-corrected chi connectivity index (χ1v) is 6.69. The summed E-state index contributed by atoms with van der Waals surface area (Å²) in [7, 11) is 0. The second kappa shape index (κ2) is 5.60. The highest BCUT2D eigenvalue weighted by atomic mass is 19.1. The van der Waals surface area contributed by atoms with Gasteiger partial charge in [0.05, 0.1) is 17.7 Å². The number of hydrogen-bond acceptors (Lipinski definition) is 3. The van der Waals surface area contributed by atoms with Crippen molar-refractivity contribution >= 4 is 10.9 Å². The molecule has 3 aromatic rings. The first-order valence-electron chi connectivity index (χ1n) is 6.69. The first-order chi connectivity index (χ1) is 10.2. The van der Waals surface area contributed by atoms with Gasteiger partial charge in [-0.1, -0.05) is 36.4 Å². The van der Waals surface area contributed by atoms with E-state index < -0.39 is 12.1 Å². The van der Waals surface area contributed by atoms with E-state index in [1.807, 2.05) is 30.3 Å². The number of pyridine rings is 1. The van der Waals surface area contributed by atoms with Crippen molar-refractivity contribution in [3.63, 3.8) is 0 Å². The van der Waals surface area contributed by atoms with E-state index in [9.17, 15) is 9.50 Å². The highest BCUT2D eigenvalue weighted by Crippen LogP contribution is 2.30. The molecule has 0 aliphatic heterocycles. The van der Waals surface area contributed by atoms with Crippen molar-refractivity contribution in [2.45, 2.75) is 12.1 Å². The number of benzene rings is 2. The number of para-hydroxylation sites is 1. The highest BCUT2D eigenvalue weighted by molar-refractivity contribution is 5.82. The third kappa shape index (κ3) is 2.63. The quantitative estimate of drug-likeness (QED) is 0.776. The van der Waals surface area contributed by atoms with Gasteiger partial charge in [-0.2, -0.15) is 0 Å². The van der Waals surface area contributed by atoms with Crippen LogP contribution in [0.25, 0.3) is 10.9 Å². The summed E-state index contributed by atoms with van der Waals surface area (Å²) in [6, 6.07) is 14.6. The topological polar surface area (TPSA) is 59.1 Å². The lowest BCUT2D eigenvalue weighted by molar-refractivity contribution is 0.147. The largest absolute Gasteiger partial charge is 0.386 e. The van der Waals surface area contributed by atoms with E-state index in [2.05, 4.69) is 4.98 Å². The lowest BCUT2D eigenvalue weighted by Crippen LogP contribution is -2.20. The van der Waals surface area contributed by atoms with Crippen molar-refractivity contribution in [2.75, 3.05) is 0 Å². The molecule has 2 aromatic carbocycles. The van der Waals surface area contributed by atoms with Crippen molar-refractivity contribution in [3.05, 3.63) is 77.7 Å². The molecule has 3 nitrogen and oxygen atoms in total. The Morgan fingerprint density at radius 3 is 2.48 bits per heavy atom. The van der Waals surface area contributed by atoms with Gasteiger partial charge in [0.1, 0.15) is 5.82 Å². The fraction of sp³-hybridized carbons (Fsp3) is 0.118. The maximum atomic E-state index is 13.0. The van der Waals surface area contributed by atoms with Gasteiger partial charge in [-0.3, -0.25) is 4.98 Å². The van der Waals surface area contributed by atoms with Gasteiger partial charge in [-0.15, -0.1) is 0 Å². The first kappa shape index (κ1) is 13.7. The number of hydrogen-bond donors (Lipinski definition) is 2. The molecular formula is C17H15FN2O. The standard InChI is InChI=1S/C17H15FN2O/c18-13-8-6-12(7-9-13)17(21)15(19)14-5-1-3-11-4-2-10-20-16(11)14/h1-10,15,17,21H,19H2. The van der Waals surface area contributed by atoms with Gasteiger partial charge in [-0.25, -0.2) is 4.39 Å². The van der Waals surface area contributed by atoms with E-state index in [0.717, 1.165) is 16.5 Å². The Kier molecular flexibility index (Phi) is 3.64. The molecule has 21 heavy (non-hydrogen) atoms. The number of fused-ring (bicyclic) bond motifs is 1. The summed E-state index contributed by atoms with van der Waals surface area (Å²) in [5, 5.41) is 11.4. The van der Waals surface area contributed by atoms with E-state index in [0.29, 0.717) is 5.56 Å². The smallest absolute Gasteiger partial charge is 0.123 e. The number of aromatic nitrogens is 1. The fourth-order valence-corrected chi connectivity index (χ4v) is 2.43. The van der Waals surface area contributed by atoms with E-state index in [4.69, 9.17) is 5.73 Å². The average Bonchev–Trinajstić information content (AvgIpc) is 2.53. The predicted molar refractivity (Wildman–Crippen MR) is 80.0 cm³/mol. The van der Waals surface area contributed by atoms with Crippen LogP contribution in [0.15, 0.2) is 60.8 Å². The van der Waals surface area contributed by atoms with Gasteiger partial charge in [-0.05, 0) is 29.3 Å². The Morgan fingerprint density at radius 2 is 1.71 bits per heavy atom. The van der Waals surface area contributed by atoms with E-state index in [1.54, 1.807) is 18.3 Å². The molecule has 0 saturated heterocycles. The lowest BCUT2D eigenvalue weighted by atomic mass is 9.95. The van der Waals surface area contributed by atoms with Crippen LogP contribution in [0.4, 0.5) is 4.39 Å². The SMILES string of the molecule is NC(c1cccc2cccnc12)C(O)c1ccc(F)cc1. The molecule has 0 fully saturated rings. The van der Waals surface area contributed by atoms with Gasteiger partial charge in [0.15, 0.2) is 0 Å². The molecule has 3 N–H and O–H groups in total. The van der Waals surface area contributed by atoms with Crippen molar-refractivity contribution < 1.29 is 9.50 Å². The molecule has 1 heterocycles. The molecule has 0 saturated carbocycles. The maximum absolute atomic E-state index is 13.0. The monoisotopic (exact) mass is 282 g/mol. The van der Waals surface area contributed by atoms with E-state index in [-0.39, 0.29) is 5.82 Å². The minimum Gasteiger partial charge on any atom is -0.386 e. The molecule has 3 rings (SSSR count). The maximum Gasteiger partial charge on any atom is 0.123 e. The number of halogens is 1. The number of nitrogens with two attached hydrogens (primary N) is 1. The van der Waals surface area contributed by atoms with Gasteiger partial charge in [0.25, 0.3) is 0 Å². The van der Waals surface area contributed by atoms with Crippen LogP contribution < -0.4 is 5.73 Å². The summed E-state index contributed by atoms with van der Waals surface area (Å²) in [5.41, 5.74) is 8.31. The van der Waals surface area contributed by atoms with Crippen LogP contribution in [-0.4, -0.2) is 10.1 Å². The molecule has 0 radical (unpaired) electrons. The van der Waals surface area contributed by atoms with Gasteiger partial charge in [0, 0.05) is 11.6 Å². The van der Waals surface area contributed by atoms with Crippen LogP contribution in [0, 0.1) is 5.82 Å². The summed E-state index contributed by atoms with van der Waals surface area (Å²) < 4.78 is 13.0. The van der Waals surface area contributed by atoms with Gasteiger partial charge >= 0.3 is 0 Å². The fourth-order valence-electron chi connectivity index (χ4n) is 2.43. The third-order valence-corrected chi connectivity index (χ3v) is 3.57. The van der Waals surface area contributed by atoms with Crippen LogP contribution >= 0.6 is 0 Å². The second-order valence-electron chi connectivity index (χ2n) is 4.94. The summed E-state index contributed by atoms with van der Waals surface area (Å²) >= 11 is 0. The predicted octanol–water partition coefficient (Wildman–Crippen LogP) is 3.11. The summed E-state index contributed by atoms with van der Waals surface area (Å²) in [6.07, 6.45) is 0.779. The number of rotatable bonds is 3. The molecule has 2 atom stereocenters. The zero-order chi connectivity index (χ0) is 14.8. The van der Waals surface area contributed by atoms with Crippen molar-refractivity contribution in [1.82, 2.24) is 4.98 Å². The Hall–Kier alpha value is -2.30. The summed E-state index contributed by atoms with van der Waals surface area (Å²) in [5.74, 6) is -0.341. The van der Waals surface area contributed by atoms with Crippen molar-refractivity contribution in [1.29, 1.82) is 0 Å². The number of aliphatic hydroxyl groups excluding tert-OH is 1. The van der Waals surface area contributed by atoms with Crippen molar-refractivity contribution in [2.24, 2.45) is 5.73 Å². The Bertz CT molecular complexity index is 753. The molecule has 0 aliphatic carbocycles. The zero-order valence-electron chi connectivity index (χ0n) is 11.3. The van der Waals surface area contributed by atoms with E-state index >= 15 is 0 Å². The molecule has 0 spiro atoms. The molecule has 0 aliphatic rings. The average molecular weight is 282 g/mol. The Morgan fingerprint density at radius 1 is 1.00 bits per heavy atom. The normalized spacial score (nSPS) is 14.0. The van der Waals surface area contributed by atoms with Crippen LogP contribution in [0.3, 0.4) is 0 Å².